The van der Waals surface area contributed by atoms with Crippen molar-refractivity contribution in [3.05, 3.63) is 29.8 Å². The second kappa shape index (κ2) is 12.1. The maximum absolute atomic E-state index is 12.3. The van der Waals surface area contributed by atoms with Gasteiger partial charge in [0.1, 0.15) is 0 Å². The predicted molar refractivity (Wildman–Crippen MR) is 126 cm³/mol. The molecule has 27 heavy (non-hydrogen) atoms. The molecule has 0 spiro atoms. The Morgan fingerprint density at radius 2 is 1.96 bits per heavy atom. The second-order valence-corrected chi connectivity index (χ2v) is 9.39. The average molecular weight is 527 g/mol. The molecule has 0 heterocycles. The van der Waals surface area contributed by atoms with Crippen molar-refractivity contribution in [1.29, 1.82) is 0 Å². The summed E-state index contributed by atoms with van der Waals surface area (Å²) in [7, 11) is -3.48. The van der Waals surface area contributed by atoms with Crippen LogP contribution < -0.4 is 15.4 Å². The number of benzene rings is 1. The first-order chi connectivity index (χ1) is 12.4. The molecule has 0 radical (unpaired) electrons. The van der Waals surface area contributed by atoms with Gasteiger partial charge in [-0.15, -0.1) is 24.0 Å². The van der Waals surface area contributed by atoms with Crippen LogP contribution >= 0.6 is 35.7 Å². The number of aliphatic imine (C=N–C) groups is 1. The van der Waals surface area contributed by atoms with Gasteiger partial charge >= 0.3 is 0 Å². The fourth-order valence-corrected chi connectivity index (χ4v) is 4.76. The number of guanidine groups is 1. The van der Waals surface area contributed by atoms with Gasteiger partial charge in [-0.3, -0.25) is 4.99 Å². The molecular formula is C18H31IN4O2S2. The molecule has 2 atom stereocenters. The number of rotatable bonds is 8. The molecule has 0 aromatic heterocycles. The molecule has 3 N–H and O–H groups in total. The number of nitrogens with zero attached hydrogens (tertiary/aromatic N) is 1. The Labute approximate surface area is 184 Å². The van der Waals surface area contributed by atoms with E-state index in [1.807, 2.05) is 25.6 Å². The number of sulfonamides is 1. The Balaban J connectivity index is 0.00000364. The molecular weight excluding hydrogens is 495 g/mol. The van der Waals surface area contributed by atoms with E-state index >= 15 is 0 Å². The maximum Gasteiger partial charge on any atom is 0.240 e. The number of hydrogen-bond donors (Lipinski definition) is 3. The smallest absolute Gasteiger partial charge is 0.240 e. The normalized spacial score (nSPS) is 20.2. The Morgan fingerprint density at radius 3 is 2.56 bits per heavy atom. The molecule has 1 aliphatic rings. The first kappa shape index (κ1) is 24.5. The van der Waals surface area contributed by atoms with E-state index in [-0.39, 0.29) is 35.4 Å². The van der Waals surface area contributed by atoms with Crippen molar-refractivity contribution in [3.8, 4) is 0 Å². The van der Waals surface area contributed by atoms with E-state index in [0.29, 0.717) is 12.6 Å². The number of thioether (sulfide) groups is 1. The van der Waals surface area contributed by atoms with Crippen molar-refractivity contribution < 1.29 is 8.42 Å². The minimum Gasteiger partial charge on any atom is -0.357 e. The van der Waals surface area contributed by atoms with Crippen LogP contribution in [0.4, 0.5) is 0 Å². The monoisotopic (exact) mass is 526 g/mol. The van der Waals surface area contributed by atoms with Crippen LogP contribution in [0.1, 0.15) is 31.7 Å². The highest BCUT2D eigenvalue weighted by atomic mass is 127. The van der Waals surface area contributed by atoms with E-state index in [0.717, 1.165) is 36.2 Å². The minimum absolute atomic E-state index is 0. The summed E-state index contributed by atoms with van der Waals surface area (Å²) in [6.07, 6.45) is 5.68. The largest absolute Gasteiger partial charge is 0.357 e. The van der Waals surface area contributed by atoms with Gasteiger partial charge in [0.15, 0.2) is 5.96 Å². The molecule has 6 nitrogen and oxygen atoms in total. The fraction of sp³-hybridized carbons (Fsp3) is 0.611. The molecule has 1 aliphatic carbocycles. The van der Waals surface area contributed by atoms with Gasteiger partial charge in [-0.1, -0.05) is 17.7 Å². The van der Waals surface area contributed by atoms with Gasteiger partial charge in [0.2, 0.25) is 10.0 Å². The molecule has 1 saturated carbocycles. The molecule has 2 rings (SSSR count). The third-order valence-electron chi connectivity index (χ3n) is 4.41. The summed E-state index contributed by atoms with van der Waals surface area (Å²) in [5.41, 5.74) is 1.03. The van der Waals surface area contributed by atoms with Gasteiger partial charge in [0, 0.05) is 24.4 Å². The van der Waals surface area contributed by atoms with E-state index in [4.69, 9.17) is 0 Å². The highest BCUT2D eigenvalue weighted by Gasteiger charge is 2.24. The van der Waals surface area contributed by atoms with Crippen molar-refractivity contribution in [2.75, 3.05) is 25.9 Å². The van der Waals surface area contributed by atoms with Crippen molar-refractivity contribution >= 4 is 51.7 Å². The molecule has 2 unspecified atom stereocenters. The first-order valence-corrected chi connectivity index (χ1v) is 11.9. The van der Waals surface area contributed by atoms with Gasteiger partial charge in [-0.2, -0.15) is 11.8 Å². The van der Waals surface area contributed by atoms with Gasteiger partial charge < -0.3 is 10.6 Å². The molecule has 0 amide bonds. The van der Waals surface area contributed by atoms with Crippen LogP contribution in [0.2, 0.25) is 0 Å². The third kappa shape index (κ3) is 8.16. The summed E-state index contributed by atoms with van der Waals surface area (Å²) >= 11 is 1.92. The van der Waals surface area contributed by atoms with Crippen LogP contribution in [0.3, 0.4) is 0 Å². The van der Waals surface area contributed by atoms with E-state index in [1.165, 1.54) is 6.42 Å². The van der Waals surface area contributed by atoms with Crippen LogP contribution in [0.15, 0.2) is 34.2 Å². The lowest BCUT2D eigenvalue weighted by molar-refractivity contribution is 0.581. The highest BCUT2D eigenvalue weighted by molar-refractivity contribution is 14.0. The topological polar surface area (TPSA) is 82.6 Å². The minimum atomic E-state index is -3.48. The number of halogens is 1. The van der Waals surface area contributed by atoms with Crippen molar-refractivity contribution in [2.45, 2.75) is 49.3 Å². The predicted octanol–water partition coefficient (Wildman–Crippen LogP) is 2.73. The Morgan fingerprint density at radius 1 is 1.26 bits per heavy atom. The SMILES string of the molecule is CCNC(=NCCNS(=O)(=O)c1ccc(C)cc1)NC1CCC(SC)C1.I. The molecule has 154 valence electrons. The van der Waals surface area contributed by atoms with E-state index in [1.54, 1.807) is 24.3 Å². The van der Waals surface area contributed by atoms with Gasteiger partial charge in [0.25, 0.3) is 0 Å². The highest BCUT2D eigenvalue weighted by Crippen LogP contribution is 2.27. The van der Waals surface area contributed by atoms with Crippen LogP contribution in [0.5, 0.6) is 0 Å². The van der Waals surface area contributed by atoms with Crippen molar-refractivity contribution in [2.24, 2.45) is 4.99 Å². The van der Waals surface area contributed by atoms with Gasteiger partial charge in [0.05, 0.1) is 11.4 Å². The summed E-state index contributed by atoms with van der Waals surface area (Å²) in [6, 6.07) is 7.27. The van der Waals surface area contributed by atoms with Gasteiger partial charge in [-0.05, 0) is 51.5 Å². The Hall–Kier alpha value is -0.520. The zero-order valence-corrected chi connectivity index (χ0v) is 20.2. The maximum atomic E-state index is 12.3. The van der Waals surface area contributed by atoms with Crippen molar-refractivity contribution in [3.63, 3.8) is 0 Å². The van der Waals surface area contributed by atoms with Crippen LogP contribution in [0.25, 0.3) is 0 Å². The quantitative estimate of drug-likeness (QED) is 0.210. The number of aryl methyl sites for hydroxylation is 1. The third-order valence-corrected chi connectivity index (χ3v) is 6.98. The molecule has 1 aromatic carbocycles. The van der Waals surface area contributed by atoms with E-state index in [2.05, 4.69) is 26.6 Å². The average Bonchev–Trinajstić information content (AvgIpc) is 3.07. The van der Waals surface area contributed by atoms with Crippen LogP contribution in [-0.4, -0.2) is 51.6 Å². The van der Waals surface area contributed by atoms with E-state index in [9.17, 15) is 8.42 Å². The number of hydrogen-bond acceptors (Lipinski definition) is 4. The van der Waals surface area contributed by atoms with Gasteiger partial charge in [-0.25, -0.2) is 13.1 Å². The summed E-state index contributed by atoms with van der Waals surface area (Å²) in [6.45, 7) is 5.39. The Kier molecular flexibility index (Phi) is 11.0. The molecule has 9 heteroatoms. The molecule has 1 aromatic rings. The number of nitrogens with one attached hydrogen (secondary N) is 3. The van der Waals surface area contributed by atoms with E-state index < -0.39 is 10.0 Å². The molecule has 1 fully saturated rings. The zero-order chi connectivity index (χ0) is 19.0. The van der Waals surface area contributed by atoms with Crippen LogP contribution in [0, 0.1) is 6.92 Å². The lowest BCUT2D eigenvalue weighted by Gasteiger charge is -2.17. The first-order valence-electron chi connectivity index (χ1n) is 9.08. The summed E-state index contributed by atoms with van der Waals surface area (Å²) < 4.78 is 27.1. The molecule has 0 bridgehead atoms. The van der Waals surface area contributed by atoms with Crippen molar-refractivity contribution in [1.82, 2.24) is 15.4 Å². The lowest BCUT2D eigenvalue weighted by atomic mass is 10.2. The molecule has 0 aliphatic heterocycles. The summed E-state index contributed by atoms with van der Waals surface area (Å²) in [5, 5.41) is 7.42. The fourth-order valence-electron chi connectivity index (χ4n) is 2.95. The second-order valence-electron chi connectivity index (χ2n) is 6.48. The summed E-state index contributed by atoms with van der Waals surface area (Å²) in [4.78, 5) is 4.78. The zero-order valence-electron chi connectivity index (χ0n) is 16.2. The Bertz CT molecular complexity index is 696. The molecule has 0 saturated heterocycles. The lowest BCUT2D eigenvalue weighted by Crippen LogP contribution is -2.43. The summed E-state index contributed by atoms with van der Waals surface area (Å²) in [5.74, 6) is 0.758. The standard InChI is InChI=1S/C18H30N4O2S2.HI/c1-4-19-18(22-15-7-8-16(13-15)25-3)20-11-12-21-26(23,24)17-9-5-14(2)6-10-17;/h5-6,9-10,15-16,21H,4,7-8,11-13H2,1-3H3,(H2,19,20,22);1H. The van der Waals surface area contributed by atoms with Crippen LogP contribution in [-0.2, 0) is 10.0 Å².